The molecule has 88 valence electrons. The van der Waals surface area contributed by atoms with Crippen LogP contribution in [0.5, 0.6) is 0 Å². The maximum Gasteiger partial charge on any atom is 0.0772 e. The van der Waals surface area contributed by atoms with E-state index < -0.39 is 6.10 Å². The molecule has 1 N–H and O–H groups in total. The number of rotatable bonds is 3. The molecule has 0 aliphatic rings. The van der Waals surface area contributed by atoms with E-state index in [0.29, 0.717) is 0 Å². The third-order valence-electron chi connectivity index (χ3n) is 2.31. The van der Waals surface area contributed by atoms with Gasteiger partial charge in [0.05, 0.1) is 6.10 Å². The van der Waals surface area contributed by atoms with Crippen molar-refractivity contribution >= 4 is 27.7 Å². The van der Waals surface area contributed by atoms with Gasteiger partial charge in [0.1, 0.15) is 0 Å². The van der Waals surface area contributed by atoms with E-state index in [1.165, 1.54) is 0 Å². The Labute approximate surface area is 113 Å². The highest BCUT2D eigenvalue weighted by molar-refractivity contribution is 9.10. The van der Waals surface area contributed by atoms with Gasteiger partial charge in [0, 0.05) is 26.7 Å². The molecule has 1 unspecified atom stereocenters. The summed E-state index contributed by atoms with van der Waals surface area (Å²) in [5.41, 5.74) is 0.907. The standard InChI is InChI=1S/C13H12BrNOS/c1-9(16)12-3-2-11(8-13(12)14)17-10-4-6-15-7-5-10/h2-9,16H,1H3. The first-order chi connectivity index (χ1) is 8.16. The zero-order valence-corrected chi connectivity index (χ0v) is 11.7. The number of aromatic nitrogens is 1. The summed E-state index contributed by atoms with van der Waals surface area (Å²) in [6.45, 7) is 1.76. The molecule has 0 saturated heterocycles. The molecule has 1 heterocycles. The molecule has 2 rings (SSSR count). The molecule has 0 aliphatic carbocycles. The minimum atomic E-state index is -0.454. The summed E-state index contributed by atoms with van der Waals surface area (Å²) in [5.74, 6) is 0. The van der Waals surface area contributed by atoms with Crippen LogP contribution in [-0.2, 0) is 0 Å². The van der Waals surface area contributed by atoms with Crippen molar-refractivity contribution in [1.29, 1.82) is 0 Å². The van der Waals surface area contributed by atoms with Gasteiger partial charge in [0.2, 0.25) is 0 Å². The van der Waals surface area contributed by atoms with E-state index in [4.69, 9.17) is 0 Å². The molecule has 0 radical (unpaired) electrons. The minimum Gasteiger partial charge on any atom is -0.389 e. The number of benzene rings is 1. The van der Waals surface area contributed by atoms with Crippen LogP contribution in [-0.4, -0.2) is 10.1 Å². The smallest absolute Gasteiger partial charge is 0.0772 e. The molecule has 0 saturated carbocycles. The Morgan fingerprint density at radius 1 is 1.18 bits per heavy atom. The van der Waals surface area contributed by atoms with Gasteiger partial charge in [-0.25, -0.2) is 0 Å². The lowest BCUT2D eigenvalue weighted by Gasteiger charge is -2.09. The van der Waals surface area contributed by atoms with Crippen LogP contribution in [0.25, 0.3) is 0 Å². The SMILES string of the molecule is CC(O)c1ccc(Sc2ccncc2)cc1Br. The van der Waals surface area contributed by atoms with Crippen LogP contribution in [0.1, 0.15) is 18.6 Å². The first kappa shape index (κ1) is 12.6. The van der Waals surface area contributed by atoms with Gasteiger partial charge < -0.3 is 5.11 Å². The Kier molecular flexibility index (Phi) is 4.20. The van der Waals surface area contributed by atoms with E-state index in [-0.39, 0.29) is 0 Å². The van der Waals surface area contributed by atoms with Crippen LogP contribution >= 0.6 is 27.7 Å². The first-order valence-electron chi connectivity index (χ1n) is 5.22. The molecule has 4 heteroatoms. The molecule has 2 nitrogen and oxygen atoms in total. The van der Waals surface area contributed by atoms with E-state index in [9.17, 15) is 5.11 Å². The second-order valence-corrected chi connectivity index (χ2v) is 5.65. The molecule has 0 fully saturated rings. The van der Waals surface area contributed by atoms with Gasteiger partial charge in [-0.2, -0.15) is 0 Å². The third kappa shape index (κ3) is 3.31. The van der Waals surface area contributed by atoms with Crippen LogP contribution in [0.15, 0.2) is 57.0 Å². The maximum absolute atomic E-state index is 9.54. The fourth-order valence-electron chi connectivity index (χ4n) is 1.45. The molecule has 1 atom stereocenters. The lowest BCUT2D eigenvalue weighted by atomic mass is 10.1. The topological polar surface area (TPSA) is 33.1 Å². The lowest BCUT2D eigenvalue weighted by Crippen LogP contribution is -1.92. The predicted octanol–water partition coefficient (Wildman–Crippen LogP) is 4.05. The number of aliphatic hydroxyl groups excluding tert-OH is 1. The van der Waals surface area contributed by atoms with Gasteiger partial charge in [0.15, 0.2) is 0 Å². The average molecular weight is 310 g/mol. The second kappa shape index (κ2) is 5.67. The van der Waals surface area contributed by atoms with Crippen molar-refractivity contribution in [3.05, 3.63) is 52.8 Å². The zero-order chi connectivity index (χ0) is 12.3. The highest BCUT2D eigenvalue weighted by Gasteiger charge is 2.07. The first-order valence-corrected chi connectivity index (χ1v) is 6.83. The number of nitrogens with zero attached hydrogens (tertiary/aromatic N) is 1. The fourth-order valence-corrected chi connectivity index (χ4v) is 3.16. The van der Waals surface area contributed by atoms with Gasteiger partial charge in [-0.15, -0.1) is 0 Å². The second-order valence-electron chi connectivity index (χ2n) is 3.64. The molecule has 2 aromatic rings. The molecular weight excluding hydrogens is 298 g/mol. The number of halogens is 1. The van der Waals surface area contributed by atoms with Crippen molar-refractivity contribution in [2.45, 2.75) is 22.8 Å². The van der Waals surface area contributed by atoms with E-state index in [1.54, 1.807) is 31.1 Å². The molecular formula is C13H12BrNOS. The average Bonchev–Trinajstić information content (AvgIpc) is 2.30. The summed E-state index contributed by atoms with van der Waals surface area (Å²) in [4.78, 5) is 6.27. The molecule has 0 spiro atoms. The van der Waals surface area contributed by atoms with Crippen molar-refractivity contribution in [1.82, 2.24) is 4.98 Å². The molecule has 0 amide bonds. The van der Waals surface area contributed by atoms with E-state index in [1.807, 2.05) is 30.3 Å². The van der Waals surface area contributed by atoms with Crippen LogP contribution in [0, 0.1) is 0 Å². The normalized spacial score (nSPS) is 12.4. The largest absolute Gasteiger partial charge is 0.389 e. The third-order valence-corrected chi connectivity index (χ3v) is 3.99. The zero-order valence-electron chi connectivity index (χ0n) is 9.30. The van der Waals surface area contributed by atoms with Gasteiger partial charge >= 0.3 is 0 Å². The number of pyridine rings is 1. The van der Waals surface area contributed by atoms with Crippen LogP contribution < -0.4 is 0 Å². The van der Waals surface area contributed by atoms with Crippen molar-refractivity contribution in [2.24, 2.45) is 0 Å². The van der Waals surface area contributed by atoms with Crippen LogP contribution in [0.2, 0.25) is 0 Å². The van der Waals surface area contributed by atoms with E-state index in [0.717, 1.165) is 19.8 Å². The summed E-state index contributed by atoms with van der Waals surface area (Å²) in [6, 6.07) is 9.92. The number of aliphatic hydroxyl groups is 1. The summed E-state index contributed by atoms with van der Waals surface area (Å²) in [7, 11) is 0. The molecule has 0 bridgehead atoms. The Bertz CT molecular complexity index is 502. The summed E-state index contributed by atoms with van der Waals surface area (Å²) in [5, 5.41) is 9.54. The highest BCUT2D eigenvalue weighted by Crippen LogP contribution is 2.32. The van der Waals surface area contributed by atoms with Gasteiger partial charge in [-0.05, 0) is 36.8 Å². The van der Waals surface area contributed by atoms with Crippen molar-refractivity contribution in [3.63, 3.8) is 0 Å². The summed E-state index contributed by atoms with van der Waals surface area (Å²) < 4.78 is 0.937. The number of hydrogen-bond acceptors (Lipinski definition) is 3. The monoisotopic (exact) mass is 309 g/mol. The van der Waals surface area contributed by atoms with E-state index >= 15 is 0 Å². The maximum atomic E-state index is 9.54. The molecule has 1 aromatic heterocycles. The Morgan fingerprint density at radius 2 is 1.88 bits per heavy atom. The lowest BCUT2D eigenvalue weighted by molar-refractivity contribution is 0.198. The predicted molar refractivity (Wildman–Crippen MR) is 73.1 cm³/mol. The Hall–Kier alpha value is -0.840. The molecule has 17 heavy (non-hydrogen) atoms. The number of hydrogen-bond donors (Lipinski definition) is 1. The van der Waals surface area contributed by atoms with Crippen LogP contribution in [0.4, 0.5) is 0 Å². The Morgan fingerprint density at radius 3 is 2.47 bits per heavy atom. The van der Waals surface area contributed by atoms with Crippen molar-refractivity contribution < 1.29 is 5.11 Å². The fraction of sp³-hybridized carbons (Fsp3) is 0.154. The summed E-state index contributed by atoms with van der Waals surface area (Å²) >= 11 is 5.15. The van der Waals surface area contributed by atoms with Crippen molar-refractivity contribution in [3.8, 4) is 0 Å². The molecule has 0 aliphatic heterocycles. The van der Waals surface area contributed by atoms with Gasteiger partial charge in [-0.3, -0.25) is 4.98 Å². The highest BCUT2D eigenvalue weighted by atomic mass is 79.9. The van der Waals surface area contributed by atoms with Gasteiger partial charge in [0.25, 0.3) is 0 Å². The summed E-state index contributed by atoms with van der Waals surface area (Å²) in [6.07, 6.45) is 3.10. The van der Waals surface area contributed by atoms with Crippen molar-refractivity contribution in [2.75, 3.05) is 0 Å². The Balaban J connectivity index is 2.21. The van der Waals surface area contributed by atoms with Gasteiger partial charge in [-0.1, -0.05) is 33.8 Å². The minimum absolute atomic E-state index is 0.454. The molecule has 1 aromatic carbocycles. The van der Waals surface area contributed by atoms with E-state index in [2.05, 4.69) is 20.9 Å². The quantitative estimate of drug-likeness (QED) is 0.928. The van der Waals surface area contributed by atoms with Crippen LogP contribution in [0.3, 0.4) is 0 Å².